The predicted octanol–water partition coefficient (Wildman–Crippen LogP) is 3.24. The summed E-state index contributed by atoms with van der Waals surface area (Å²) in [6, 6.07) is 12.6. The van der Waals surface area contributed by atoms with Gasteiger partial charge >= 0.3 is 0 Å². The normalized spacial score (nSPS) is 10.5. The Bertz CT molecular complexity index is 1030. The summed E-state index contributed by atoms with van der Waals surface area (Å²) >= 11 is 1.26. The van der Waals surface area contributed by atoms with Gasteiger partial charge < -0.3 is 4.74 Å². The lowest BCUT2D eigenvalue weighted by Crippen LogP contribution is -2.42. The standard InChI is InChI=1S/C20H18FN3O3S/c1-12-9-19(22-17-10-15(27-2)7-8-16(12)17)28-11-18(25)23-24-20(26)13-3-5-14(21)6-4-13/h3-10H,11H2,1-2H3,(H,23,25)(H,24,26). The molecule has 1 heterocycles. The number of ether oxygens (including phenoxy) is 1. The first-order valence-corrected chi connectivity index (χ1v) is 9.38. The van der Waals surface area contributed by atoms with E-state index < -0.39 is 11.7 Å². The maximum Gasteiger partial charge on any atom is 0.269 e. The van der Waals surface area contributed by atoms with Crippen molar-refractivity contribution in [1.29, 1.82) is 0 Å². The van der Waals surface area contributed by atoms with Crippen molar-refractivity contribution in [1.82, 2.24) is 15.8 Å². The van der Waals surface area contributed by atoms with Gasteiger partial charge in [-0.3, -0.25) is 20.4 Å². The van der Waals surface area contributed by atoms with E-state index in [1.807, 2.05) is 31.2 Å². The van der Waals surface area contributed by atoms with E-state index in [0.717, 1.165) is 16.5 Å². The van der Waals surface area contributed by atoms with Crippen molar-refractivity contribution in [3.05, 3.63) is 65.5 Å². The van der Waals surface area contributed by atoms with Crippen molar-refractivity contribution in [2.75, 3.05) is 12.9 Å². The Labute approximate surface area is 165 Å². The van der Waals surface area contributed by atoms with Gasteiger partial charge in [-0.25, -0.2) is 9.37 Å². The molecular formula is C20H18FN3O3S. The highest BCUT2D eigenvalue weighted by molar-refractivity contribution is 7.99. The lowest BCUT2D eigenvalue weighted by atomic mass is 10.1. The summed E-state index contributed by atoms with van der Waals surface area (Å²) in [5, 5.41) is 1.71. The van der Waals surface area contributed by atoms with Gasteiger partial charge in [-0.2, -0.15) is 0 Å². The fourth-order valence-corrected chi connectivity index (χ4v) is 3.30. The molecule has 0 bridgehead atoms. The monoisotopic (exact) mass is 399 g/mol. The average Bonchev–Trinajstić information content (AvgIpc) is 2.70. The van der Waals surface area contributed by atoms with Crippen LogP contribution in [0.25, 0.3) is 10.9 Å². The molecule has 0 aliphatic rings. The molecule has 0 fully saturated rings. The molecule has 2 amide bonds. The molecule has 0 saturated heterocycles. The van der Waals surface area contributed by atoms with Crippen LogP contribution in [0, 0.1) is 12.7 Å². The number of fused-ring (bicyclic) bond motifs is 1. The van der Waals surface area contributed by atoms with Crippen LogP contribution in [0.1, 0.15) is 15.9 Å². The summed E-state index contributed by atoms with van der Waals surface area (Å²) in [6.45, 7) is 1.98. The van der Waals surface area contributed by atoms with E-state index in [4.69, 9.17) is 4.74 Å². The first kappa shape index (κ1) is 19.6. The van der Waals surface area contributed by atoms with Crippen molar-refractivity contribution < 1.29 is 18.7 Å². The summed E-state index contributed by atoms with van der Waals surface area (Å²) in [5.41, 5.74) is 6.71. The smallest absolute Gasteiger partial charge is 0.269 e. The van der Waals surface area contributed by atoms with Crippen LogP contribution in [-0.4, -0.2) is 29.7 Å². The van der Waals surface area contributed by atoms with Gasteiger partial charge in [0.2, 0.25) is 5.91 Å². The number of carbonyl (C=O) groups excluding carboxylic acids is 2. The Morgan fingerprint density at radius 2 is 1.86 bits per heavy atom. The van der Waals surface area contributed by atoms with E-state index in [0.29, 0.717) is 10.8 Å². The topological polar surface area (TPSA) is 80.3 Å². The van der Waals surface area contributed by atoms with Gasteiger partial charge in [0.05, 0.1) is 23.4 Å². The molecule has 0 aliphatic heterocycles. The molecule has 144 valence electrons. The number of benzene rings is 2. The third-order valence-electron chi connectivity index (χ3n) is 3.97. The lowest BCUT2D eigenvalue weighted by Gasteiger charge is -2.09. The second kappa shape index (κ2) is 8.71. The average molecular weight is 399 g/mol. The molecule has 3 rings (SSSR count). The zero-order chi connectivity index (χ0) is 20.1. The number of aromatic nitrogens is 1. The molecular weight excluding hydrogens is 381 g/mol. The zero-order valence-electron chi connectivity index (χ0n) is 15.3. The molecule has 0 radical (unpaired) electrons. The third kappa shape index (κ3) is 4.77. The van der Waals surface area contributed by atoms with E-state index in [1.54, 1.807) is 7.11 Å². The summed E-state index contributed by atoms with van der Waals surface area (Å²) in [6.07, 6.45) is 0. The number of pyridine rings is 1. The quantitative estimate of drug-likeness (QED) is 0.509. The second-order valence-electron chi connectivity index (χ2n) is 5.96. The Hall–Kier alpha value is -3.13. The number of methoxy groups -OCH3 is 1. The SMILES string of the molecule is COc1ccc2c(C)cc(SCC(=O)NNC(=O)c3ccc(F)cc3)nc2c1. The van der Waals surface area contributed by atoms with Crippen LogP contribution < -0.4 is 15.6 Å². The van der Waals surface area contributed by atoms with Crippen LogP contribution in [0.4, 0.5) is 4.39 Å². The fraction of sp³-hybridized carbons (Fsp3) is 0.150. The number of carbonyl (C=O) groups is 2. The Morgan fingerprint density at radius 1 is 1.11 bits per heavy atom. The van der Waals surface area contributed by atoms with Crippen molar-refractivity contribution >= 4 is 34.5 Å². The Balaban J connectivity index is 1.58. The minimum Gasteiger partial charge on any atom is -0.497 e. The van der Waals surface area contributed by atoms with Crippen molar-refractivity contribution in [3.63, 3.8) is 0 Å². The molecule has 2 N–H and O–H groups in total. The molecule has 3 aromatic rings. The summed E-state index contributed by atoms with van der Waals surface area (Å²) in [4.78, 5) is 28.5. The number of hydrogen-bond acceptors (Lipinski definition) is 5. The largest absolute Gasteiger partial charge is 0.497 e. The van der Waals surface area contributed by atoms with E-state index in [-0.39, 0.29) is 17.2 Å². The van der Waals surface area contributed by atoms with Crippen molar-refractivity contribution in [3.8, 4) is 5.75 Å². The van der Waals surface area contributed by atoms with E-state index in [1.165, 1.54) is 36.0 Å². The van der Waals surface area contributed by atoms with Crippen LogP contribution in [-0.2, 0) is 4.79 Å². The number of hydrogen-bond donors (Lipinski definition) is 2. The van der Waals surface area contributed by atoms with Crippen LogP contribution >= 0.6 is 11.8 Å². The van der Waals surface area contributed by atoms with Crippen LogP contribution in [0.5, 0.6) is 5.75 Å². The second-order valence-corrected chi connectivity index (χ2v) is 6.95. The molecule has 0 spiro atoms. The minimum atomic E-state index is -0.523. The minimum absolute atomic E-state index is 0.0750. The molecule has 2 aromatic carbocycles. The number of halogens is 1. The van der Waals surface area contributed by atoms with Gasteiger partial charge in [0.15, 0.2) is 0 Å². The van der Waals surface area contributed by atoms with Gasteiger partial charge in [0, 0.05) is 17.0 Å². The number of nitrogens with one attached hydrogen (secondary N) is 2. The van der Waals surface area contributed by atoms with Crippen molar-refractivity contribution in [2.24, 2.45) is 0 Å². The zero-order valence-corrected chi connectivity index (χ0v) is 16.1. The first-order valence-electron chi connectivity index (χ1n) is 8.39. The molecule has 0 unspecified atom stereocenters. The Kier molecular flexibility index (Phi) is 6.10. The van der Waals surface area contributed by atoms with Crippen molar-refractivity contribution in [2.45, 2.75) is 11.9 Å². The summed E-state index contributed by atoms with van der Waals surface area (Å²) in [7, 11) is 1.59. The number of nitrogens with zero attached hydrogens (tertiary/aromatic N) is 1. The molecule has 28 heavy (non-hydrogen) atoms. The summed E-state index contributed by atoms with van der Waals surface area (Å²) < 4.78 is 18.1. The van der Waals surface area contributed by atoms with Gasteiger partial charge in [-0.1, -0.05) is 11.8 Å². The molecule has 8 heteroatoms. The number of hydrazine groups is 1. The predicted molar refractivity (Wildman–Crippen MR) is 106 cm³/mol. The first-order chi connectivity index (χ1) is 13.5. The highest BCUT2D eigenvalue weighted by Crippen LogP contribution is 2.26. The molecule has 0 aliphatic carbocycles. The number of thioether (sulfide) groups is 1. The highest BCUT2D eigenvalue weighted by Gasteiger charge is 2.10. The maximum absolute atomic E-state index is 12.9. The summed E-state index contributed by atoms with van der Waals surface area (Å²) in [5.74, 6) is -0.558. The van der Waals surface area contributed by atoms with Crippen LogP contribution in [0.15, 0.2) is 53.6 Å². The molecule has 0 atom stereocenters. The van der Waals surface area contributed by atoms with Gasteiger partial charge in [-0.15, -0.1) is 0 Å². The number of rotatable bonds is 5. The van der Waals surface area contributed by atoms with E-state index in [2.05, 4.69) is 15.8 Å². The third-order valence-corrected chi connectivity index (χ3v) is 4.88. The fourth-order valence-electron chi connectivity index (χ4n) is 2.53. The molecule has 0 saturated carbocycles. The van der Waals surface area contributed by atoms with Crippen LogP contribution in [0.2, 0.25) is 0 Å². The highest BCUT2D eigenvalue weighted by atomic mass is 32.2. The number of amides is 2. The van der Waals surface area contributed by atoms with Gasteiger partial charge in [0.1, 0.15) is 11.6 Å². The van der Waals surface area contributed by atoms with Crippen LogP contribution in [0.3, 0.4) is 0 Å². The maximum atomic E-state index is 12.9. The Morgan fingerprint density at radius 3 is 2.57 bits per heavy atom. The number of aryl methyl sites for hydroxylation is 1. The van der Waals surface area contributed by atoms with E-state index in [9.17, 15) is 14.0 Å². The van der Waals surface area contributed by atoms with E-state index >= 15 is 0 Å². The van der Waals surface area contributed by atoms with Gasteiger partial charge in [0.25, 0.3) is 5.91 Å². The molecule has 1 aromatic heterocycles. The lowest BCUT2D eigenvalue weighted by molar-refractivity contribution is -0.119. The van der Waals surface area contributed by atoms with Gasteiger partial charge in [-0.05, 0) is 55.0 Å². The molecule has 6 nitrogen and oxygen atoms in total.